The quantitative estimate of drug-likeness (QED) is 0.0937. The molecular weight excluding hydrogens is 452 g/mol. The van der Waals surface area contributed by atoms with Crippen LogP contribution in [0.4, 0.5) is 0 Å². The summed E-state index contributed by atoms with van der Waals surface area (Å²) in [5.74, 6) is 1.08. The van der Waals surface area contributed by atoms with E-state index in [1.54, 1.807) is 0 Å². The highest BCUT2D eigenvalue weighted by atomic mass is 32.2. The number of nitrogens with one attached hydrogen (secondary N) is 1. The number of amides is 1. The van der Waals surface area contributed by atoms with E-state index < -0.39 is 0 Å². The number of nitrogens with zero attached hydrogens (tertiary/aromatic N) is 1. The zero-order chi connectivity index (χ0) is 26.0. The minimum absolute atomic E-state index is 0.127. The Morgan fingerprint density at radius 2 is 1.23 bits per heavy atom. The van der Waals surface area contributed by atoms with E-state index >= 15 is 0 Å². The number of hydrogen-bond donors (Lipinski definition) is 1. The number of unbranched alkanes of at least 4 members (excludes halogenated alkanes) is 15. The fraction of sp³-hybridized carbons (Fsp3) is 0.933. The summed E-state index contributed by atoms with van der Waals surface area (Å²) in [6.07, 6.45) is 24.1. The first kappa shape index (κ1) is 34.5. The van der Waals surface area contributed by atoms with Crippen LogP contribution in [0.3, 0.4) is 0 Å². The second-order valence-corrected chi connectivity index (χ2v) is 13.1. The minimum Gasteiger partial charge on any atom is -0.355 e. The molecule has 0 unspecified atom stereocenters. The predicted molar refractivity (Wildman–Crippen MR) is 157 cm³/mol. The first-order valence-electron chi connectivity index (χ1n) is 15.0. The molecule has 0 radical (unpaired) electrons. The molecule has 0 bridgehead atoms. The molecule has 0 spiro atoms. The van der Waals surface area contributed by atoms with Crippen molar-refractivity contribution in [1.29, 1.82) is 0 Å². The Balaban J connectivity index is 3.63. The molecule has 0 saturated carbocycles. The molecule has 0 aromatic carbocycles. The third kappa shape index (κ3) is 27.9. The molecule has 0 atom stereocenters. The number of carbonyl (C=O) groups is 2. The largest absolute Gasteiger partial charge is 0.355 e. The van der Waals surface area contributed by atoms with Gasteiger partial charge in [-0.25, -0.2) is 0 Å². The minimum atomic E-state index is 0.127. The van der Waals surface area contributed by atoms with Crippen LogP contribution in [0.2, 0.25) is 0 Å². The SMILES string of the molecule is CCCCCCCCCCCCCCCCCCN(CCC=O)CCC(=O)NCCSC(C)(C)C. The normalized spacial score (nSPS) is 11.8. The predicted octanol–water partition coefficient (Wildman–Crippen LogP) is 8.18. The van der Waals surface area contributed by atoms with Gasteiger partial charge in [0.1, 0.15) is 6.29 Å². The molecule has 35 heavy (non-hydrogen) atoms. The molecule has 0 aromatic rings. The van der Waals surface area contributed by atoms with Gasteiger partial charge >= 0.3 is 0 Å². The smallest absolute Gasteiger partial charge is 0.221 e. The van der Waals surface area contributed by atoms with Crippen molar-refractivity contribution in [2.24, 2.45) is 0 Å². The van der Waals surface area contributed by atoms with Crippen LogP contribution in [-0.2, 0) is 9.59 Å². The fourth-order valence-electron chi connectivity index (χ4n) is 4.35. The van der Waals surface area contributed by atoms with Crippen molar-refractivity contribution in [2.75, 3.05) is 31.9 Å². The lowest BCUT2D eigenvalue weighted by molar-refractivity contribution is -0.121. The maximum atomic E-state index is 12.2. The molecule has 208 valence electrons. The highest BCUT2D eigenvalue weighted by molar-refractivity contribution is 8.00. The highest BCUT2D eigenvalue weighted by Gasteiger charge is 2.11. The standard InChI is InChI=1S/C30H60N2O2S/c1-5-6-7-8-9-10-11-12-13-14-15-16-17-18-19-20-24-32(25-21-27-33)26-22-29(34)31-23-28-35-30(2,3)4/h27H,5-26,28H2,1-4H3,(H,31,34). The van der Waals surface area contributed by atoms with Crippen molar-refractivity contribution in [3.63, 3.8) is 0 Å². The van der Waals surface area contributed by atoms with E-state index in [9.17, 15) is 9.59 Å². The van der Waals surface area contributed by atoms with E-state index in [-0.39, 0.29) is 10.7 Å². The lowest BCUT2D eigenvalue weighted by Crippen LogP contribution is -2.33. The zero-order valence-corrected chi connectivity index (χ0v) is 24.8. The van der Waals surface area contributed by atoms with E-state index in [0.717, 1.165) is 38.2 Å². The van der Waals surface area contributed by atoms with Crippen LogP contribution in [0.25, 0.3) is 0 Å². The van der Waals surface area contributed by atoms with Crippen LogP contribution >= 0.6 is 11.8 Å². The van der Waals surface area contributed by atoms with E-state index in [1.165, 1.54) is 103 Å². The van der Waals surface area contributed by atoms with Crippen LogP contribution in [0.15, 0.2) is 0 Å². The summed E-state index contributed by atoms with van der Waals surface area (Å²) in [6.45, 7) is 12.1. The van der Waals surface area contributed by atoms with Crippen molar-refractivity contribution in [3.05, 3.63) is 0 Å². The van der Waals surface area contributed by atoms with Gasteiger partial charge < -0.3 is 15.0 Å². The Bertz CT molecular complexity index is 479. The van der Waals surface area contributed by atoms with E-state index in [0.29, 0.717) is 12.8 Å². The summed E-state index contributed by atoms with van der Waals surface area (Å²) >= 11 is 1.87. The van der Waals surface area contributed by atoms with Crippen molar-refractivity contribution < 1.29 is 9.59 Å². The van der Waals surface area contributed by atoms with Gasteiger partial charge in [0, 0.05) is 43.0 Å². The molecule has 0 fully saturated rings. The number of aldehydes is 1. The number of thioether (sulfide) groups is 1. The Hall–Kier alpha value is -0.550. The summed E-state index contributed by atoms with van der Waals surface area (Å²) in [7, 11) is 0. The van der Waals surface area contributed by atoms with Gasteiger partial charge in [0.05, 0.1) is 0 Å². The Kier molecular flexibility index (Phi) is 24.7. The van der Waals surface area contributed by atoms with E-state index in [4.69, 9.17) is 0 Å². The maximum absolute atomic E-state index is 12.2. The van der Waals surface area contributed by atoms with Gasteiger partial charge in [-0.05, 0) is 13.0 Å². The number of hydrogen-bond acceptors (Lipinski definition) is 4. The van der Waals surface area contributed by atoms with E-state index in [1.807, 2.05) is 11.8 Å². The Morgan fingerprint density at radius 3 is 1.69 bits per heavy atom. The summed E-state index contributed by atoms with van der Waals surface area (Å²) in [4.78, 5) is 25.3. The molecule has 4 nitrogen and oxygen atoms in total. The second-order valence-electron chi connectivity index (χ2n) is 11.2. The van der Waals surface area contributed by atoms with Gasteiger partial charge in [0.15, 0.2) is 0 Å². The van der Waals surface area contributed by atoms with Gasteiger partial charge in [-0.15, -0.1) is 0 Å². The van der Waals surface area contributed by atoms with Crippen LogP contribution in [0.5, 0.6) is 0 Å². The second kappa shape index (κ2) is 25.1. The molecule has 0 aliphatic carbocycles. The third-order valence-corrected chi connectivity index (χ3v) is 7.78. The van der Waals surface area contributed by atoms with Crippen LogP contribution in [0.1, 0.15) is 143 Å². The molecule has 5 heteroatoms. The molecule has 0 aromatic heterocycles. The third-order valence-electron chi connectivity index (χ3n) is 6.51. The first-order valence-corrected chi connectivity index (χ1v) is 15.9. The summed E-state index contributed by atoms with van der Waals surface area (Å²) in [6, 6.07) is 0. The van der Waals surface area contributed by atoms with Crippen LogP contribution in [-0.4, -0.2) is 53.8 Å². The topological polar surface area (TPSA) is 49.4 Å². The van der Waals surface area contributed by atoms with Crippen LogP contribution in [0, 0.1) is 0 Å². The van der Waals surface area contributed by atoms with Crippen molar-refractivity contribution in [3.8, 4) is 0 Å². The average molecular weight is 513 g/mol. The van der Waals surface area contributed by atoms with Gasteiger partial charge in [-0.1, -0.05) is 124 Å². The van der Waals surface area contributed by atoms with Crippen molar-refractivity contribution >= 4 is 24.0 Å². The molecule has 0 heterocycles. The molecule has 0 rings (SSSR count). The molecule has 0 saturated heterocycles. The Morgan fingerprint density at radius 1 is 0.743 bits per heavy atom. The molecule has 0 aliphatic rings. The zero-order valence-electron chi connectivity index (χ0n) is 24.0. The van der Waals surface area contributed by atoms with E-state index in [2.05, 4.69) is 37.9 Å². The molecule has 1 amide bonds. The van der Waals surface area contributed by atoms with Gasteiger partial charge in [0.25, 0.3) is 0 Å². The number of carbonyl (C=O) groups excluding carboxylic acids is 2. The lowest BCUT2D eigenvalue weighted by Gasteiger charge is -2.21. The summed E-state index contributed by atoms with van der Waals surface area (Å²) in [5, 5.41) is 3.03. The van der Waals surface area contributed by atoms with Gasteiger partial charge in [-0.3, -0.25) is 4.79 Å². The highest BCUT2D eigenvalue weighted by Crippen LogP contribution is 2.22. The first-order chi connectivity index (χ1) is 16.9. The molecular formula is C30H60N2O2S. The average Bonchev–Trinajstić information content (AvgIpc) is 2.82. The monoisotopic (exact) mass is 512 g/mol. The number of rotatable bonds is 26. The van der Waals surface area contributed by atoms with Crippen LogP contribution < -0.4 is 5.32 Å². The van der Waals surface area contributed by atoms with Crippen molar-refractivity contribution in [1.82, 2.24) is 10.2 Å². The van der Waals surface area contributed by atoms with Gasteiger partial charge in [-0.2, -0.15) is 11.8 Å². The van der Waals surface area contributed by atoms with Crippen molar-refractivity contribution in [2.45, 2.75) is 148 Å². The fourth-order valence-corrected chi connectivity index (χ4v) is 5.17. The molecule has 1 N–H and O–H groups in total. The summed E-state index contributed by atoms with van der Waals surface area (Å²) < 4.78 is 0.239. The van der Waals surface area contributed by atoms with Gasteiger partial charge in [0.2, 0.25) is 5.91 Å². The Labute approximate surface area is 223 Å². The maximum Gasteiger partial charge on any atom is 0.221 e. The lowest BCUT2D eigenvalue weighted by atomic mass is 10.0. The summed E-state index contributed by atoms with van der Waals surface area (Å²) in [5.41, 5.74) is 0. The molecule has 0 aliphatic heterocycles.